The molecule has 3 aromatic rings. The Kier molecular flexibility index (Phi) is 3.85. The first-order valence-electron chi connectivity index (χ1n) is 8.18. The van der Waals surface area contributed by atoms with Crippen molar-refractivity contribution in [2.75, 3.05) is 12.4 Å². The van der Waals surface area contributed by atoms with E-state index in [2.05, 4.69) is 20.4 Å². The number of nitrogens with one attached hydrogen (secondary N) is 1. The molecule has 2 aromatic heterocycles. The Morgan fingerprint density at radius 3 is 2.80 bits per heavy atom. The van der Waals surface area contributed by atoms with Crippen molar-refractivity contribution in [2.45, 2.75) is 24.8 Å². The number of ether oxygens (including phenoxy) is 1. The molecule has 0 atom stereocenters. The number of anilines is 2. The molecule has 0 saturated heterocycles. The summed E-state index contributed by atoms with van der Waals surface area (Å²) in [6, 6.07) is 11.3. The van der Waals surface area contributed by atoms with Gasteiger partial charge in [0.15, 0.2) is 5.82 Å². The zero-order chi connectivity index (χ0) is 17.3. The largest absolute Gasteiger partial charge is 0.495 e. The number of aromatic nitrogens is 3. The molecule has 0 unspecified atom stereocenters. The Morgan fingerprint density at radius 2 is 2.04 bits per heavy atom. The average molecular weight is 337 g/mol. The molecular weight excluding hydrogens is 318 g/mol. The summed E-state index contributed by atoms with van der Waals surface area (Å²) in [5, 5.41) is 7.35. The molecule has 25 heavy (non-hydrogen) atoms. The highest BCUT2D eigenvalue weighted by Crippen LogP contribution is 2.38. The maximum absolute atomic E-state index is 6.28. The summed E-state index contributed by atoms with van der Waals surface area (Å²) in [6.45, 7) is 0. The van der Waals surface area contributed by atoms with Gasteiger partial charge in [0.1, 0.15) is 11.6 Å². The third-order valence-corrected chi connectivity index (χ3v) is 4.52. The number of pyridine rings is 1. The molecule has 128 valence electrons. The minimum absolute atomic E-state index is 0.400. The predicted octanol–water partition coefficient (Wildman–Crippen LogP) is 3.22. The normalized spacial score (nSPS) is 15.4. The van der Waals surface area contributed by atoms with Crippen LogP contribution in [0.5, 0.6) is 5.75 Å². The molecule has 3 N–H and O–H groups in total. The first-order chi connectivity index (χ1) is 12.2. The van der Waals surface area contributed by atoms with Crippen LogP contribution in [-0.4, -0.2) is 22.2 Å². The fourth-order valence-electron chi connectivity index (χ4n) is 2.87. The Labute approximate surface area is 145 Å². The van der Waals surface area contributed by atoms with Gasteiger partial charge in [0, 0.05) is 6.20 Å². The smallest absolute Gasteiger partial charge is 0.261 e. The number of hydrogen-bond acceptors (Lipinski definition) is 7. The summed E-state index contributed by atoms with van der Waals surface area (Å²) in [4.78, 5) is 8.91. The summed E-state index contributed by atoms with van der Waals surface area (Å²) in [5.74, 6) is 2.29. The van der Waals surface area contributed by atoms with Gasteiger partial charge in [-0.2, -0.15) is 4.98 Å². The third-order valence-electron chi connectivity index (χ3n) is 4.52. The van der Waals surface area contributed by atoms with Crippen LogP contribution in [0.4, 0.5) is 11.5 Å². The number of benzene rings is 1. The average Bonchev–Trinajstić information content (AvgIpc) is 3.11. The highest BCUT2D eigenvalue weighted by atomic mass is 16.5. The summed E-state index contributed by atoms with van der Waals surface area (Å²) >= 11 is 0. The van der Waals surface area contributed by atoms with Gasteiger partial charge < -0.3 is 20.3 Å². The van der Waals surface area contributed by atoms with E-state index in [0.717, 1.165) is 36.3 Å². The van der Waals surface area contributed by atoms with E-state index in [4.69, 9.17) is 15.0 Å². The van der Waals surface area contributed by atoms with Crippen LogP contribution in [0, 0.1) is 0 Å². The molecule has 0 radical (unpaired) electrons. The van der Waals surface area contributed by atoms with Gasteiger partial charge >= 0.3 is 0 Å². The van der Waals surface area contributed by atoms with Crippen molar-refractivity contribution >= 4 is 11.5 Å². The minimum atomic E-state index is -0.458. The molecule has 7 heteroatoms. The third kappa shape index (κ3) is 2.83. The number of methoxy groups -OCH3 is 1. The van der Waals surface area contributed by atoms with Crippen molar-refractivity contribution in [3.05, 3.63) is 48.4 Å². The van der Waals surface area contributed by atoms with Gasteiger partial charge in [0.25, 0.3) is 5.89 Å². The van der Waals surface area contributed by atoms with Crippen LogP contribution >= 0.6 is 0 Å². The lowest BCUT2D eigenvalue weighted by Crippen LogP contribution is -2.44. The Balaban J connectivity index is 1.68. The fourth-order valence-corrected chi connectivity index (χ4v) is 2.87. The van der Waals surface area contributed by atoms with E-state index in [-0.39, 0.29) is 0 Å². The van der Waals surface area contributed by atoms with Gasteiger partial charge in [-0.25, -0.2) is 4.98 Å². The molecule has 0 amide bonds. The Bertz CT molecular complexity index is 888. The number of para-hydroxylation sites is 2. The topological polar surface area (TPSA) is 99.1 Å². The van der Waals surface area contributed by atoms with Gasteiger partial charge in [-0.1, -0.05) is 17.3 Å². The van der Waals surface area contributed by atoms with E-state index >= 15 is 0 Å². The second-order valence-electron chi connectivity index (χ2n) is 6.16. The number of rotatable bonds is 5. The van der Waals surface area contributed by atoms with Crippen LogP contribution in [0.3, 0.4) is 0 Å². The van der Waals surface area contributed by atoms with E-state index in [1.54, 1.807) is 13.3 Å². The van der Waals surface area contributed by atoms with E-state index in [1.165, 1.54) is 0 Å². The van der Waals surface area contributed by atoms with E-state index in [0.29, 0.717) is 17.5 Å². The van der Waals surface area contributed by atoms with Crippen LogP contribution in [0.2, 0.25) is 0 Å². The maximum atomic E-state index is 6.28. The molecule has 1 aliphatic rings. The SMILES string of the molecule is COc1ccccc1Nc1ncccc1-c1nc(C2(N)CCC2)no1. The van der Waals surface area contributed by atoms with Crippen LogP contribution in [0.15, 0.2) is 47.1 Å². The highest BCUT2D eigenvalue weighted by molar-refractivity contribution is 5.75. The summed E-state index contributed by atoms with van der Waals surface area (Å²) < 4.78 is 10.8. The van der Waals surface area contributed by atoms with E-state index < -0.39 is 5.54 Å². The molecule has 0 spiro atoms. The van der Waals surface area contributed by atoms with Gasteiger partial charge in [-0.05, 0) is 43.5 Å². The van der Waals surface area contributed by atoms with Crippen molar-refractivity contribution in [1.82, 2.24) is 15.1 Å². The Hall–Kier alpha value is -2.93. The minimum Gasteiger partial charge on any atom is -0.495 e. The maximum Gasteiger partial charge on any atom is 0.261 e. The summed E-state index contributed by atoms with van der Waals surface area (Å²) in [5.41, 5.74) is 7.35. The first kappa shape index (κ1) is 15.6. The lowest BCUT2D eigenvalue weighted by molar-refractivity contribution is 0.229. The molecule has 1 aromatic carbocycles. The molecule has 2 heterocycles. The van der Waals surface area contributed by atoms with Gasteiger partial charge in [0.2, 0.25) is 0 Å². The second kappa shape index (κ2) is 6.18. The highest BCUT2D eigenvalue weighted by Gasteiger charge is 2.39. The second-order valence-corrected chi connectivity index (χ2v) is 6.16. The van der Waals surface area contributed by atoms with Crippen LogP contribution < -0.4 is 15.8 Å². The van der Waals surface area contributed by atoms with Gasteiger partial charge in [0.05, 0.1) is 23.9 Å². The molecule has 0 bridgehead atoms. The molecular formula is C18H19N5O2. The van der Waals surface area contributed by atoms with Crippen LogP contribution in [0.1, 0.15) is 25.1 Å². The summed E-state index contributed by atoms with van der Waals surface area (Å²) in [7, 11) is 1.63. The zero-order valence-electron chi connectivity index (χ0n) is 13.9. The molecule has 1 fully saturated rings. The van der Waals surface area contributed by atoms with Crippen molar-refractivity contribution in [3.8, 4) is 17.2 Å². The summed E-state index contributed by atoms with van der Waals surface area (Å²) in [6.07, 6.45) is 4.55. The standard InChI is InChI=1S/C18H19N5O2/c1-24-14-8-3-2-7-13(14)21-15-12(6-4-11-20-15)16-22-17(23-25-16)18(19)9-5-10-18/h2-4,6-8,11H,5,9-10,19H2,1H3,(H,20,21). The monoisotopic (exact) mass is 337 g/mol. The van der Waals surface area contributed by atoms with Crippen LogP contribution in [-0.2, 0) is 5.54 Å². The zero-order valence-corrected chi connectivity index (χ0v) is 13.9. The van der Waals surface area contributed by atoms with Crippen molar-refractivity contribution in [2.24, 2.45) is 5.73 Å². The van der Waals surface area contributed by atoms with Crippen LogP contribution in [0.25, 0.3) is 11.5 Å². The van der Waals surface area contributed by atoms with Gasteiger partial charge in [-0.15, -0.1) is 0 Å². The van der Waals surface area contributed by atoms with Gasteiger partial charge in [-0.3, -0.25) is 0 Å². The molecule has 1 aliphatic carbocycles. The molecule has 0 aliphatic heterocycles. The lowest BCUT2D eigenvalue weighted by Gasteiger charge is -2.34. The molecule has 1 saturated carbocycles. The van der Waals surface area contributed by atoms with Crippen molar-refractivity contribution < 1.29 is 9.26 Å². The van der Waals surface area contributed by atoms with E-state index in [9.17, 15) is 0 Å². The number of hydrogen-bond donors (Lipinski definition) is 2. The fraction of sp³-hybridized carbons (Fsp3) is 0.278. The van der Waals surface area contributed by atoms with Crippen molar-refractivity contribution in [1.29, 1.82) is 0 Å². The molecule has 4 rings (SSSR count). The quantitative estimate of drug-likeness (QED) is 0.737. The number of nitrogens with two attached hydrogens (primary N) is 1. The lowest BCUT2D eigenvalue weighted by atomic mass is 9.77. The number of nitrogens with zero attached hydrogens (tertiary/aromatic N) is 3. The first-order valence-corrected chi connectivity index (χ1v) is 8.18. The Morgan fingerprint density at radius 1 is 1.20 bits per heavy atom. The predicted molar refractivity (Wildman–Crippen MR) is 93.5 cm³/mol. The van der Waals surface area contributed by atoms with E-state index in [1.807, 2.05) is 36.4 Å². The molecule has 7 nitrogen and oxygen atoms in total. The van der Waals surface area contributed by atoms with Crippen molar-refractivity contribution in [3.63, 3.8) is 0 Å².